The monoisotopic (exact) mass is 380 g/mol. The van der Waals surface area contributed by atoms with Gasteiger partial charge in [0.05, 0.1) is 4.90 Å². The Labute approximate surface area is 151 Å². The zero-order chi connectivity index (χ0) is 19.1. The number of carboxylic acid groups (broad SMARTS) is 1. The second-order valence-electron chi connectivity index (χ2n) is 6.77. The van der Waals surface area contributed by atoms with Crippen molar-refractivity contribution in [2.75, 3.05) is 32.4 Å². The van der Waals surface area contributed by atoms with E-state index in [1.807, 2.05) is 0 Å². The highest BCUT2D eigenvalue weighted by atomic mass is 32.2. The number of hydrogen-bond donors (Lipinski definition) is 1. The summed E-state index contributed by atoms with van der Waals surface area (Å²) >= 11 is 0. The molecule has 9 heteroatoms. The lowest BCUT2D eigenvalue weighted by atomic mass is 10.1. The fraction of sp³-hybridized carbons (Fsp3) is 0.471. The minimum Gasteiger partial charge on any atom is -0.480 e. The van der Waals surface area contributed by atoms with Gasteiger partial charge in [-0.1, -0.05) is 6.07 Å². The normalized spacial score (nSPS) is 19.1. The SMILES string of the molecule is CS(=O)(=O)c1cccc(C(=O)N2CCN(C(=O)C3(C(=O)O)CC3)CC2)c1. The topological polar surface area (TPSA) is 112 Å². The molecule has 2 fully saturated rings. The number of sulfone groups is 1. The first kappa shape index (κ1) is 18.4. The number of nitrogens with zero attached hydrogens (tertiary/aromatic N) is 2. The summed E-state index contributed by atoms with van der Waals surface area (Å²) in [6.07, 6.45) is 1.80. The molecule has 8 nitrogen and oxygen atoms in total. The number of benzene rings is 1. The van der Waals surface area contributed by atoms with E-state index >= 15 is 0 Å². The van der Waals surface area contributed by atoms with E-state index in [1.165, 1.54) is 23.1 Å². The van der Waals surface area contributed by atoms with Gasteiger partial charge in [0.1, 0.15) is 5.41 Å². The van der Waals surface area contributed by atoms with Crippen LogP contribution >= 0.6 is 0 Å². The fourth-order valence-corrected chi connectivity index (χ4v) is 3.77. The Morgan fingerprint density at radius 1 is 1.04 bits per heavy atom. The van der Waals surface area contributed by atoms with Gasteiger partial charge in [-0.05, 0) is 31.0 Å². The zero-order valence-electron chi connectivity index (χ0n) is 14.3. The van der Waals surface area contributed by atoms with Crippen LogP contribution in [0.3, 0.4) is 0 Å². The average Bonchev–Trinajstić information content (AvgIpc) is 3.42. The Hall–Kier alpha value is -2.42. The molecule has 1 aromatic rings. The summed E-state index contributed by atoms with van der Waals surface area (Å²) in [7, 11) is -3.41. The van der Waals surface area contributed by atoms with Gasteiger partial charge >= 0.3 is 5.97 Å². The van der Waals surface area contributed by atoms with Gasteiger partial charge < -0.3 is 14.9 Å². The van der Waals surface area contributed by atoms with Crippen molar-refractivity contribution in [1.82, 2.24) is 9.80 Å². The van der Waals surface area contributed by atoms with E-state index in [0.29, 0.717) is 12.8 Å². The molecule has 0 bridgehead atoms. The van der Waals surface area contributed by atoms with Crippen molar-refractivity contribution in [2.45, 2.75) is 17.7 Å². The summed E-state index contributed by atoms with van der Waals surface area (Å²) in [4.78, 5) is 39.4. The summed E-state index contributed by atoms with van der Waals surface area (Å²) in [5, 5.41) is 9.22. The maximum atomic E-state index is 12.6. The van der Waals surface area contributed by atoms with Crippen LogP contribution in [0.2, 0.25) is 0 Å². The molecule has 1 saturated carbocycles. The molecule has 2 amide bonds. The predicted molar refractivity (Wildman–Crippen MR) is 91.3 cm³/mol. The highest BCUT2D eigenvalue weighted by molar-refractivity contribution is 7.90. The van der Waals surface area contributed by atoms with Crippen LogP contribution in [-0.2, 0) is 19.4 Å². The van der Waals surface area contributed by atoms with Crippen molar-refractivity contribution in [1.29, 1.82) is 0 Å². The van der Waals surface area contributed by atoms with Crippen LogP contribution in [0.5, 0.6) is 0 Å². The molecule has 2 aliphatic rings. The molecule has 0 radical (unpaired) electrons. The summed E-state index contributed by atoms with van der Waals surface area (Å²) in [5.74, 6) is -1.77. The Kier molecular flexibility index (Phi) is 4.51. The van der Waals surface area contributed by atoms with Gasteiger partial charge in [0, 0.05) is 38.0 Å². The van der Waals surface area contributed by atoms with Crippen molar-refractivity contribution in [3.63, 3.8) is 0 Å². The van der Waals surface area contributed by atoms with E-state index in [2.05, 4.69) is 0 Å². The predicted octanol–water partition coefficient (Wildman–Crippen LogP) is 0.239. The third-order valence-electron chi connectivity index (χ3n) is 4.93. The molecule has 1 aromatic carbocycles. The highest BCUT2D eigenvalue weighted by Gasteiger charge is 2.58. The number of rotatable bonds is 4. The van der Waals surface area contributed by atoms with Crippen molar-refractivity contribution in [3.05, 3.63) is 29.8 Å². The van der Waals surface area contributed by atoms with Crippen LogP contribution in [0.15, 0.2) is 29.2 Å². The lowest BCUT2D eigenvalue weighted by molar-refractivity contribution is -0.154. The van der Waals surface area contributed by atoms with Crippen molar-refractivity contribution >= 4 is 27.6 Å². The first-order valence-electron chi connectivity index (χ1n) is 8.27. The van der Waals surface area contributed by atoms with Crippen LogP contribution in [0.4, 0.5) is 0 Å². The fourth-order valence-electron chi connectivity index (χ4n) is 3.10. The van der Waals surface area contributed by atoms with E-state index in [-0.39, 0.29) is 48.5 Å². The van der Waals surface area contributed by atoms with Crippen LogP contribution in [0, 0.1) is 5.41 Å². The van der Waals surface area contributed by atoms with E-state index in [1.54, 1.807) is 11.0 Å². The zero-order valence-corrected chi connectivity index (χ0v) is 15.2. The smallest absolute Gasteiger partial charge is 0.319 e. The van der Waals surface area contributed by atoms with Crippen LogP contribution in [0.1, 0.15) is 23.2 Å². The van der Waals surface area contributed by atoms with Crippen LogP contribution < -0.4 is 0 Å². The molecule has 140 valence electrons. The molecule has 1 N–H and O–H groups in total. The standard InChI is InChI=1S/C17H20N2O6S/c1-26(24,25)13-4-2-3-12(11-13)14(20)18-7-9-19(10-8-18)15(21)17(5-6-17)16(22)23/h2-4,11H,5-10H2,1H3,(H,22,23). The lowest BCUT2D eigenvalue weighted by Gasteiger charge is -2.36. The van der Waals surface area contributed by atoms with Gasteiger partial charge in [-0.15, -0.1) is 0 Å². The third-order valence-corrected chi connectivity index (χ3v) is 6.04. The Balaban J connectivity index is 1.66. The van der Waals surface area contributed by atoms with Crippen molar-refractivity contribution in [2.24, 2.45) is 5.41 Å². The molecule has 1 heterocycles. The molecule has 0 unspecified atom stereocenters. The minimum atomic E-state index is -3.41. The molecule has 1 saturated heterocycles. The number of carboxylic acids is 1. The molecule has 1 aliphatic carbocycles. The van der Waals surface area contributed by atoms with Gasteiger partial charge in [0.25, 0.3) is 5.91 Å². The van der Waals surface area contributed by atoms with E-state index in [4.69, 9.17) is 0 Å². The second-order valence-corrected chi connectivity index (χ2v) is 8.79. The summed E-state index contributed by atoms with van der Waals surface area (Å²) in [6, 6.07) is 5.85. The Morgan fingerprint density at radius 2 is 1.62 bits per heavy atom. The van der Waals surface area contributed by atoms with E-state index < -0.39 is 21.2 Å². The quantitative estimate of drug-likeness (QED) is 0.749. The third kappa shape index (κ3) is 3.31. The number of carbonyl (C=O) groups is 3. The summed E-state index contributed by atoms with van der Waals surface area (Å²) in [6.45, 7) is 1.10. The van der Waals surface area contributed by atoms with E-state index in [0.717, 1.165) is 6.26 Å². The van der Waals surface area contributed by atoms with Crippen molar-refractivity contribution in [3.8, 4) is 0 Å². The summed E-state index contributed by atoms with van der Waals surface area (Å²) in [5.41, 5.74) is -0.993. The van der Waals surface area contributed by atoms with Gasteiger partial charge in [-0.25, -0.2) is 8.42 Å². The number of hydrogen-bond acceptors (Lipinski definition) is 5. The number of amides is 2. The molecular formula is C17H20N2O6S. The lowest BCUT2D eigenvalue weighted by Crippen LogP contribution is -2.53. The summed E-state index contributed by atoms with van der Waals surface area (Å²) < 4.78 is 23.3. The first-order valence-corrected chi connectivity index (χ1v) is 10.2. The minimum absolute atomic E-state index is 0.0781. The molecule has 0 aromatic heterocycles. The maximum absolute atomic E-state index is 12.6. The van der Waals surface area contributed by atoms with Gasteiger partial charge in [-0.3, -0.25) is 14.4 Å². The van der Waals surface area contributed by atoms with Gasteiger partial charge in [0.2, 0.25) is 5.91 Å². The number of piperazine rings is 1. The number of aliphatic carboxylic acids is 1. The maximum Gasteiger partial charge on any atom is 0.319 e. The average molecular weight is 380 g/mol. The highest BCUT2D eigenvalue weighted by Crippen LogP contribution is 2.47. The Bertz CT molecular complexity index is 867. The first-order chi connectivity index (χ1) is 12.1. The van der Waals surface area contributed by atoms with Crippen LogP contribution in [-0.4, -0.2) is 73.5 Å². The Morgan fingerprint density at radius 3 is 2.12 bits per heavy atom. The molecule has 0 spiro atoms. The largest absolute Gasteiger partial charge is 0.480 e. The molecule has 0 atom stereocenters. The molecule has 1 aliphatic heterocycles. The van der Waals surface area contributed by atoms with Gasteiger partial charge in [0.15, 0.2) is 9.84 Å². The van der Waals surface area contributed by atoms with Gasteiger partial charge in [-0.2, -0.15) is 0 Å². The second kappa shape index (κ2) is 6.39. The van der Waals surface area contributed by atoms with Crippen LogP contribution in [0.25, 0.3) is 0 Å². The number of carbonyl (C=O) groups excluding carboxylic acids is 2. The van der Waals surface area contributed by atoms with E-state index in [9.17, 15) is 27.9 Å². The molecular weight excluding hydrogens is 360 g/mol. The molecule has 3 rings (SSSR count). The molecule has 26 heavy (non-hydrogen) atoms. The van der Waals surface area contributed by atoms with Crippen molar-refractivity contribution < 1.29 is 27.9 Å².